The molecule has 1 fully saturated rings. The third kappa shape index (κ3) is 4.02. The number of benzene rings is 1. The molecule has 0 amide bonds. The summed E-state index contributed by atoms with van der Waals surface area (Å²) in [5.41, 5.74) is -0.0619. The van der Waals surface area contributed by atoms with Crippen molar-refractivity contribution in [2.24, 2.45) is 5.41 Å². The average molecular weight is 353 g/mol. The lowest BCUT2D eigenvalue weighted by atomic mass is 9.79. The van der Waals surface area contributed by atoms with E-state index in [2.05, 4.69) is 10.2 Å². The summed E-state index contributed by atoms with van der Waals surface area (Å²) in [6.07, 6.45) is 0. The van der Waals surface area contributed by atoms with Crippen molar-refractivity contribution in [1.29, 1.82) is 0 Å². The molecule has 8 nitrogen and oxygen atoms in total. The van der Waals surface area contributed by atoms with Crippen LogP contribution in [0.15, 0.2) is 12.1 Å². The van der Waals surface area contributed by atoms with Crippen molar-refractivity contribution in [2.45, 2.75) is 19.9 Å². The van der Waals surface area contributed by atoms with Gasteiger partial charge in [0.05, 0.1) is 30.8 Å². The summed E-state index contributed by atoms with van der Waals surface area (Å²) in [5, 5.41) is 24.9. The van der Waals surface area contributed by atoms with E-state index in [1.165, 1.54) is 20.3 Å². The molecule has 2 N–H and O–H groups in total. The summed E-state index contributed by atoms with van der Waals surface area (Å²) in [5.74, 6) is 0.760. The fourth-order valence-electron chi connectivity index (χ4n) is 3.40. The van der Waals surface area contributed by atoms with Crippen LogP contribution in [-0.2, 0) is 0 Å². The van der Waals surface area contributed by atoms with Crippen molar-refractivity contribution in [2.75, 3.05) is 47.0 Å². The number of nitro groups is 1. The number of hydrogen-bond donors (Lipinski definition) is 2. The molecular formula is C17H27N3O5. The van der Waals surface area contributed by atoms with Gasteiger partial charge >= 0.3 is 0 Å². The normalized spacial score (nSPS) is 17.2. The SMILES string of the molecule is COc1cc([C@H](N2CCNCC2)C(C)(C)CO)c([N+](=O)[O-])cc1OC. The third-order valence-corrected chi connectivity index (χ3v) is 4.69. The maximum Gasteiger partial charge on any atom is 0.278 e. The molecule has 2 rings (SSSR count). The Balaban J connectivity index is 2.63. The largest absolute Gasteiger partial charge is 0.493 e. The molecule has 0 bridgehead atoms. The Hall–Kier alpha value is -1.90. The highest BCUT2D eigenvalue weighted by Crippen LogP contribution is 2.45. The third-order valence-electron chi connectivity index (χ3n) is 4.69. The molecule has 1 aromatic rings. The molecule has 8 heteroatoms. The van der Waals surface area contributed by atoms with Crippen LogP contribution in [0.25, 0.3) is 0 Å². The van der Waals surface area contributed by atoms with Crippen molar-refractivity contribution in [3.8, 4) is 11.5 Å². The summed E-state index contributed by atoms with van der Waals surface area (Å²) < 4.78 is 10.6. The highest BCUT2D eigenvalue weighted by Gasteiger charge is 2.40. The predicted octanol–water partition coefficient (Wildman–Crippen LogP) is 1.58. The molecule has 0 aliphatic carbocycles. The molecule has 0 spiro atoms. The van der Waals surface area contributed by atoms with Crippen LogP contribution in [0.5, 0.6) is 11.5 Å². The van der Waals surface area contributed by atoms with Crippen LogP contribution >= 0.6 is 0 Å². The first-order valence-corrected chi connectivity index (χ1v) is 8.31. The standard InChI is InChI=1S/C17H27N3O5/c1-17(2,11-21)16(19-7-5-18-6-8-19)12-9-14(24-3)15(25-4)10-13(12)20(22)23/h9-10,16,18,21H,5-8,11H2,1-4H3/t16-/m0/s1. The van der Waals surface area contributed by atoms with Crippen LogP contribution < -0.4 is 14.8 Å². The fraction of sp³-hybridized carbons (Fsp3) is 0.647. The second kappa shape index (κ2) is 7.99. The lowest BCUT2D eigenvalue weighted by molar-refractivity contribution is -0.386. The van der Waals surface area contributed by atoms with Gasteiger partial charge in [-0.1, -0.05) is 13.8 Å². The molecule has 25 heavy (non-hydrogen) atoms. The Morgan fingerprint density at radius 3 is 2.32 bits per heavy atom. The maximum atomic E-state index is 11.7. The number of methoxy groups -OCH3 is 2. The molecule has 1 aromatic carbocycles. The van der Waals surface area contributed by atoms with Gasteiger partial charge in [-0.2, -0.15) is 0 Å². The van der Waals surface area contributed by atoms with E-state index in [0.29, 0.717) is 17.1 Å². The van der Waals surface area contributed by atoms with Crippen molar-refractivity contribution in [1.82, 2.24) is 10.2 Å². The first-order valence-electron chi connectivity index (χ1n) is 8.31. The van der Waals surface area contributed by atoms with Crippen LogP contribution in [0.2, 0.25) is 0 Å². The van der Waals surface area contributed by atoms with E-state index in [4.69, 9.17) is 9.47 Å². The van der Waals surface area contributed by atoms with E-state index in [1.807, 2.05) is 13.8 Å². The molecule has 1 atom stereocenters. The van der Waals surface area contributed by atoms with Gasteiger partial charge in [0.1, 0.15) is 0 Å². The number of aliphatic hydroxyl groups excluding tert-OH is 1. The molecule has 0 unspecified atom stereocenters. The Bertz CT molecular complexity index is 615. The van der Waals surface area contributed by atoms with E-state index in [9.17, 15) is 15.2 Å². The zero-order valence-corrected chi connectivity index (χ0v) is 15.2. The summed E-state index contributed by atoms with van der Waals surface area (Å²) in [7, 11) is 2.96. The van der Waals surface area contributed by atoms with Gasteiger partial charge in [0, 0.05) is 44.2 Å². The van der Waals surface area contributed by atoms with Crippen LogP contribution in [-0.4, -0.2) is 61.9 Å². The number of nitrogens with one attached hydrogen (secondary N) is 1. The number of nitrogens with zero attached hydrogens (tertiary/aromatic N) is 2. The van der Waals surface area contributed by atoms with Crippen LogP contribution in [0.1, 0.15) is 25.5 Å². The fourth-order valence-corrected chi connectivity index (χ4v) is 3.40. The van der Waals surface area contributed by atoms with Gasteiger partial charge in [0.25, 0.3) is 5.69 Å². The number of aliphatic hydroxyl groups is 1. The lowest BCUT2D eigenvalue weighted by Gasteiger charge is -2.43. The average Bonchev–Trinajstić information content (AvgIpc) is 2.61. The first-order chi connectivity index (χ1) is 11.9. The molecule has 0 radical (unpaired) electrons. The highest BCUT2D eigenvalue weighted by molar-refractivity contribution is 5.55. The minimum Gasteiger partial charge on any atom is -0.493 e. The quantitative estimate of drug-likeness (QED) is 0.567. The van der Waals surface area contributed by atoms with Gasteiger partial charge < -0.3 is 19.9 Å². The first kappa shape index (κ1) is 19.4. The summed E-state index contributed by atoms with van der Waals surface area (Å²) in [4.78, 5) is 13.5. The summed E-state index contributed by atoms with van der Waals surface area (Å²) >= 11 is 0. The molecule has 140 valence electrons. The lowest BCUT2D eigenvalue weighted by Crippen LogP contribution is -2.49. The van der Waals surface area contributed by atoms with E-state index in [-0.39, 0.29) is 18.3 Å². The Labute approximate surface area is 147 Å². The number of rotatable bonds is 7. The van der Waals surface area contributed by atoms with Gasteiger partial charge in [-0.3, -0.25) is 15.0 Å². The molecule has 0 saturated carbocycles. The number of ether oxygens (including phenoxy) is 2. The number of piperazine rings is 1. The smallest absolute Gasteiger partial charge is 0.278 e. The van der Waals surface area contributed by atoms with E-state index >= 15 is 0 Å². The zero-order chi connectivity index (χ0) is 18.6. The zero-order valence-electron chi connectivity index (χ0n) is 15.2. The minimum atomic E-state index is -0.568. The molecule has 1 aliphatic heterocycles. The van der Waals surface area contributed by atoms with Gasteiger partial charge in [-0.25, -0.2) is 0 Å². The van der Waals surface area contributed by atoms with Crippen molar-refractivity contribution >= 4 is 5.69 Å². The van der Waals surface area contributed by atoms with Crippen molar-refractivity contribution in [3.05, 3.63) is 27.8 Å². The maximum absolute atomic E-state index is 11.7. The van der Waals surface area contributed by atoms with Crippen molar-refractivity contribution in [3.63, 3.8) is 0 Å². The predicted molar refractivity (Wildman–Crippen MR) is 94.3 cm³/mol. The van der Waals surface area contributed by atoms with E-state index in [1.54, 1.807) is 6.07 Å². The van der Waals surface area contributed by atoms with E-state index in [0.717, 1.165) is 26.2 Å². The van der Waals surface area contributed by atoms with Crippen LogP contribution in [0.4, 0.5) is 5.69 Å². The Morgan fingerprint density at radius 1 is 1.28 bits per heavy atom. The van der Waals surface area contributed by atoms with Crippen LogP contribution in [0, 0.1) is 15.5 Å². The second-order valence-corrected chi connectivity index (χ2v) is 6.86. The van der Waals surface area contributed by atoms with Gasteiger partial charge in [-0.15, -0.1) is 0 Å². The molecular weight excluding hydrogens is 326 g/mol. The monoisotopic (exact) mass is 353 g/mol. The van der Waals surface area contributed by atoms with Gasteiger partial charge in [0.2, 0.25) is 0 Å². The summed E-state index contributed by atoms with van der Waals surface area (Å²) in [6.45, 7) is 6.85. The second-order valence-electron chi connectivity index (χ2n) is 6.86. The van der Waals surface area contributed by atoms with Crippen molar-refractivity contribution < 1.29 is 19.5 Å². The number of hydrogen-bond acceptors (Lipinski definition) is 7. The molecule has 1 heterocycles. The Morgan fingerprint density at radius 2 is 1.84 bits per heavy atom. The Kier molecular flexibility index (Phi) is 6.21. The minimum absolute atomic E-state index is 0.0253. The van der Waals surface area contributed by atoms with Crippen LogP contribution in [0.3, 0.4) is 0 Å². The van der Waals surface area contributed by atoms with Gasteiger partial charge in [0.15, 0.2) is 11.5 Å². The molecule has 1 aliphatic rings. The highest BCUT2D eigenvalue weighted by atomic mass is 16.6. The topological polar surface area (TPSA) is 97.1 Å². The molecule has 0 aromatic heterocycles. The van der Waals surface area contributed by atoms with E-state index < -0.39 is 10.3 Å². The van der Waals surface area contributed by atoms with Gasteiger partial charge in [-0.05, 0) is 6.07 Å². The number of nitro benzene ring substituents is 1. The summed E-state index contributed by atoms with van der Waals surface area (Å²) in [6, 6.07) is 2.75. The molecule has 1 saturated heterocycles.